The second kappa shape index (κ2) is 8.99. The number of hydrogen-bond acceptors (Lipinski definition) is 6. The number of carbonyl (C=O) groups excluding carboxylic acids is 2. The highest BCUT2D eigenvalue weighted by atomic mass is 32.3. The van der Waals surface area contributed by atoms with Crippen LogP contribution in [0.3, 0.4) is 0 Å². The molecule has 0 amide bonds. The van der Waals surface area contributed by atoms with Crippen LogP contribution in [0.5, 0.6) is 0 Å². The van der Waals surface area contributed by atoms with Crippen molar-refractivity contribution in [2.75, 3.05) is 19.0 Å². The van der Waals surface area contributed by atoms with Crippen molar-refractivity contribution in [2.24, 2.45) is 5.92 Å². The van der Waals surface area contributed by atoms with Crippen molar-refractivity contribution in [3.63, 3.8) is 0 Å². The Labute approximate surface area is 121 Å². The SMILES string of the molecule is C=CC(=O)OCC(CC)COC(=O)CS(O)(O)C(C)C. The summed E-state index contributed by atoms with van der Waals surface area (Å²) in [5, 5.41) is -0.398. The third kappa shape index (κ3) is 7.52. The summed E-state index contributed by atoms with van der Waals surface area (Å²) in [4.78, 5) is 22.5. The van der Waals surface area contributed by atoms with Gasteiger partial charge in [-0.1, -0.05) is 13.5 Å². The molecule has 0 saturated carbocycles. The minimum Gasteiger partial charge on any atom is -0.464 e. The van der Waals surface area contributed by atoms with Crippen LogP contribution >= 0.6 is 10.6 Å². The van der Waals surface area contributed by atoms with Crippen molar-refractivity contribution in [1.29, 1.82) is 0 Å². The van der Waals surface area contributed by atoms with Gasteiger partial charge < -0.3 is 9.47 Å². The molecule has 0 spiro atoms. The lowest BCUT2D eigenvalue weighted by molar-refractivity contribution is -0.144. The maximum Gasteiger partial charge on any atom is 0.330 e. The molecular weight excluding hydrogens is 284 g/mol. The Bertz CT molecular complexity index is 340. The van der Waals surface area contributed by atoms with E-state index in [2.05, 4.69) is 6.58 Å². The fraction of sp³-hybridized carbons (Fsp3) is 0.692. The van der Waals surface area contributed by atoms with Crippen LogP contribution in [0.15, 0.2) is 12.7 Å². The Morgan fingerprint density at radius 1 is 1.25 bits per heavy atom. The normalized spacial score (nSPS) is 13.7. The monoisotopic (exact) mass is 308 g/mol. The van der Waals surface area contributed by atoms with Crippen LogP contribution in [0.25, 0.3) is 0 Å². The molecule has 7 heteroatoms. The molecule has 0 aromatic heterocycles. The van der Waals surface area contributed by atoms with E-state index in [1.807, 2.05) is 6.92 Å². The molecular formula is C13H24O6S. The lowest BCUT2D eigenvalue weighted by Gasteiger charge is -2.35. The number of hydrogen-bond donors (Lipinski definition) is 2. The highest BCUT2D eigenvalue weighted by Gasteiger charge is 2.23. The van der Waals surface area contributed by atoms with Crippen LogP contribution in [0.1, 0.15) is 27.2 Å². The van der Waals surface area contributed by atoms with Crippen LogP contribution in [-0.2, 0) is 19.1 Å². The summed E-state index contributed by atoms with van der Waals surface area (Å²) in [5.41, 5.74) is 0. The topological polar surface area (TPSA) is 93.1 Å². The minimum atomic E-state index is -2.95. The first kappa shape index (κ1) is 18.9. The maximum absolute atomic E-state index is 11.5. The molecule has 6 nitrogen and oxygen atoms in total. The molecule has 118 valence electrons. The van der Waals surface area contributed by atoms with Gasteiger partial charge in [0, 0.05) is 17.2 Å². The Morgan fingerprint density at radius 2 is 1.80 bits per heavy atom. The quantitative estimate of drug-likeness (QED) is 0.502. The summed E-state index contributed by atoms with van der Waals surface area (Å²) in [7, 11) is -2.95. The molecule has 0 fully saturated rings. The summed E-state index contributed by atoms with van der Waals surface area (Å²) < 4.78 is 29.2. The molecule has 0 rings (SSSR count). The Kier molecular flexibility index (Phi) is 8.52. The zero-order chi connectivity index (χ0) is 15.8. The summed E-state index contributed by atoms with van der Waals surface area (Å²) in [6, 6.07) is 0. The first-order chi connectivity index (χ1) is 9.22. The lowest BCUT2D eigenvalue weighted by atomic mass is 10.1. The fourth-order valence-electron chi connectivity index (χ4n) is 1.14. The highest BCUT2D eigenvalue weighted by molar-refractivity contribution is 8.25. The summed E-state index contributed by atoms with van der Waals surface area (Å²) in [6.07, 6.45) is 1.73. The average molecular weight is 308 g/mol. The average Bonchev–Trinajstić information content (AvgIpc) is 2.37. The van der Waals surface area contributed by atoms with E-state index in [9.17, 15) is 18.7 Å². The molecule has 2 N–H and O–H groups in total. The standard InChI is InChI=1S/C13H24O6S/c1-5-11(7-18-12(14)6-2)8-19-13(15)9-20(16,17)10(3)4/h6,10-11,16-17H,2,5,7-9H2,1,3-4H3. The van der Waals surface area contributed by atoms with Crippen LogP contribution < -0.4 is 0 Å². The van der Waals surface area contributed by atoms with E-state index in [1.165, 1.54) is 0 Å². The first-order valence-corrected chi connectivity index (χ1v) is 8.20. The van der Waals surface area contributed by atoms with Gasteiger partial charge in [-0.05, 0) is 20.3 Å². The molecule has 0 aliphatic carbocycles. The van der Waals surface area contributed by atoms with E-state index in [4.69, 9.17) is 9.47 Å². The van der Waals surface area contributed by atoms with Crippen LogP contribution in [0.2, 0.25) is 0 Å². The molecule has 0 aromatic rings. The molecule has 0 aliphatic heterocycles. The molecule has 0 heterocycles. The zero-order valence-electron chi connectivity index (χ0n) is 12.2. The molecule has 1 atom stereocenters. The van der Waals surface area contributed by atoms with E-state index >= 15 is 0 Å². The van der Waals surface area contributed by atoms with Gasteiger partial charge >= 0.3 is 11.9 Å². The van der Waals surface area contributed by atoms with Gasteiger partial charge in [0.2, 0.25) is 0 Å². The summed E-state index contributed by atoms with van der Waals surface area (Å²) >= 11 is 0. The Morgan fingerprint density at radius 3 is 2.25 bits per heavy atom. The van der Waals surface area contributed by atoms with Crippen molar-refractivity contribution >= 4 is 22.5 Å². The zero-order valence-corrected chi connectivity index (χ0v) is 13.0. The third-order valence-electron chi connectivity index (χ3n) is 2.77. The van der Waals surface area contributed by atoms with Gasteiger partial charge in [-0.3, -0.25) is 13.9 Å². The van der Waals surface area contributed by atoms with Gasteiger partial charge in [0.1, 0.15) is 5.75 Å². The number of esters is 2. The van der Waals surface area contributed by atoms with Crippen LogP contribution in [-0.4, -0.2) is 45.3 Å². The molecule has 0 radical (unpaired) electrons. The minimum absolute atomic E-state index is 0.0768. The third-order valence-corrected chi connectivity index (χ3v) is 4.94. The van der Waals surface area contributed by atoms with Crippen molar-refractivity contribution in [2.45, 2.75) is 32.4 Å². The van der Waals surface area contributed by atoms with Gasteiger partial charge in [-0.2, -0.15) is 10.6 Å². The van der Waals surface area contributed by atoms with E-state index in [0.717, 1.165) is 6.08 Å². The Balaban J connectivity index is 4.14. The number of ether oxygens (including phenoxy) is 2. The largest absolute Gasteiger partial charge is 0.464 e. The predicted octanol–water partition coefficient (Wildman–Crippen LogP) is 2.44. The second-order valence-corrected chi connectivity index (χ2v) is 7.37. The maximum atomic E-state index is 11.5. The van der Waals surface area contributed by atoms with Crippen LogP contribution in [0, 0.1) is 5.92 Å². The smallest absolute Gasteiger partial charge is 0.330 e. The van der Waals surface area contributed by atoms with Crippen molar-refractivity contribution in [1.82, 2.24) is 0 Å². The van der Waals surface area contributed by atoms with Gasteiger partial charge in [0.05, 0.1) is 13.2 Å². The lowest BCUT2D eigenvalue weighted by Crippen LogP contribution is -2.25. The highest BCUT2D eigenvalue weighted by Crippen LogP contribution is 2.43. The van der Waals surface area contributed by atoms with Crippen molar-refractivity contribution in [3.05, 3.63) is 12.7 Å². The van der Waals surface area contributed by atoms with E-state index < -0.39 is 33.5 Å². The summed E-state index contributed by atoms with van der Waals surface area (Å²) in [6.45, 7) is 8.63. The molecule has 0 aromatic carbocycles. The molecule has 1 unspecified atom stereocenters. The Hall–Kier alpha value is -1.05. The second-order valence-electron chi connectivity index (χ2n) is 4.70. The predicted molar refractivity (Wildman–Crippen MR) is 78.7 cm³/mol. The molecule has 0 saturated heterocycles. The van der Waals surface area contributed by atoms with E-state index in [0.29, 0.717) is 6.42 Å². The fourth-order valence-corrected chi connectivity index (χ4v) is 1.90. The molecule has 20 heavy (non-hydrogen) atoms. The van der Waals surface area contributed by atoms with Gasteiger partial charge in [-0.25, -0.2) is 4.79 Å². The van der Waals surface area contributed by atoms with Gasteiger partial charge in [0.25, 0.3) is 0 Å². The van der Waals surface area contributed by atoms with E-state index in [-0.39, 0.29) is 19.1 Å². The number of carbonyl (C=O) groups is 2. The van der Waals surface area contributed by atoms with Crippen LogP contribution in [0.4, 0.5) is 0 Å². The van der Waals surface area contributed by atoms with E-state index in [1.54, 1.807) is 13.8 Å². The molecule has 0 aliphatic rings. The molecule has 0 bridgehead atoms. The van der Waals surface area contributed by atoms with Crippen molar-refractivity contribution < 1.29 is 28.2 Å². The first-order valence-electron chi connectivity index (χ1n) is 6.42. The van der Waals surface area contributed by atoms with Gasteiger partial charge in [0.15, 0.2) is 0 Å². The van der Waals surface area contributed by atoms with Gasteiger partial charge in [-0.15, -0.1) is 0 Å². The summed E-state index contributed by atoms with van der Waals surface area (Å²) in [5.74, 6) is -1.72. The number of rotatable bonds is 9. The van der Waals surface area contributed by atoms with Crippen molar-refractivity contribution in [3.8, 4) is 0 Å².